The van der Waals surface area contributed by atoms with Crippen molar-refractivity contribution in [3.05, 3.63) is 0 Å². The molecule has 1 aliphatic rings. The van der Waals surface area contributed by atoms with Gasteiger partial charge in [0.05, 0.1) is 7.11 Å². The molecule has 4 nitrogen and oxygen atoms in total. The molecule has 0 aliphatic carbocycles. The van der Waals surface area contributed by atoms with Gasteiger partial charge in [0.25, 0.3) is 0 Å². The van der Waals surface area contributed by atoms with Crippen molar-refractivity contribution in [1.29, 1.82) is 0 Å². The smallest absolute Gasteiger partial charge is 0.406 e. The average molecular weight is 144 g/mol. The number of ether oxygens (including phenoxy) is 1. The zero-order chi connectivity index (χ0) is 7.40. The molecule has 1 rings (SSSR count). The Balaban J connectivity index is 1.88. The highest BCUT2D eigenvalue weighted by molar-refractivity contribution is 5.66. The first-order valence-corrected chi connectivity index (χ1v) is 3.37. The number of hydrogen-bond donors (Lipinski definition) is 1. The molecule has 0 aromatic heterocycles. The molecule has 0 spiro atoms. The van der Waals surface area contributed by atoms with E-state index in [1.54, 1.807) is 0 Å². The molecule has 10 heavy (non-hydrogen) atoms. The molecule has 0 aromatic rings. The van der Waals surface area contributed by atoms with Crippen LogP contribution < -0.4 is 5.32 Å². The molecule has 4 heteroatoms. The van der Waals surface area contributed by atoms with Gasteiger partial charge in [-0.3, -0.25) is 4.90 Å². The zero-order valence-electron chi connectivity index (χ0n) is 6.09. The second kappa shape index (κ2) is 3.41. The third kappa shape index (κ3) is 2.68. The van der Waals surface area contributed by atoms with Crippen molar-refractivity contribution in [2.75, 3.05) is 33.3 Å². The van der Waals surface area contributed by atoms with Gasteiger partial charge in [-0.2, -0.15) is 0 Å². The van der Waals surface area contributed by atoms with Gasteiger partial charge in [0.2, 0.25) is 0 Å². The van der Waals surface area contributed by atoms with Crippen LogP contribution in [0.2, 0.25) is 0 Å². The molecule has 1 amide bonds. The summed E-state index contributed by atoms with van der Waals surface area (Å²) in [6.07, 6.45) is -0.346. The topological polar surface area (TPSA) is 41.3 Å². The van der Waals surface area contributed by atoms with Crippen LogP contribution in [0.25, 0.3) is 0 Å². The molecule has 0 atom stereocenters. The van der Waals surface area contributed by atoms with E-state index in [0.717, 1.165) is 6.54 Å². The Kier molecular flexibility index (Phi) is 2.50. The van der Waals surface area contributed by atoms with Crippen LogP contribution in [0.5, 0.6) is 0 Å². The summed E-state index contributed by atoms with van der Waals surface area (Å²) in [7, 11) is 1.37. The predicted molar refractivity (Wildman–Crippen MR) is 36.8 cm³/mol. The lowest BCUT2D eigenvalue weighted by atomic mass is 10.6. The van der Waals surface area contributed by atoms with Crippen molar-refractivity contribution in [3.63, 3.8) is 0 Å². The Morgan fingerprint density at radius 2 is 2.40 bits per heavy atom. The molecule has 1 heterocycles. The maximum atomic E-state index is 10.5. The second-order valence-electron chi connectivity index (χ2n) is 2.26. The molecule has 0 bridgehead atoms. The van der Waals surface area contributed by atoms with Gasteiger partial charge in [-0.1, -0.05) is 0 Å². The van der Waals surface area contributed by atoms with E-state index in [4.69, 9.17) is 0 Å². The third-order valence-corrected chi connectivity index (χ3v) is 1.42. The lowest BCUT2D eigenvalue weighted by Crippen LogP contribution is -2.28. The average Bonchev–Trinajstić information content (AvgIpc) is 2.71. The van der Waals surface area contributed by atoms with Crippen LogP contribution in [0.3, 0.4) is 0 Å². The SMILES string of the molecule is COC(=O)NCCN1CC1. The Bertz CT molecular complexity index is 123. The van der Waals surface area contributed by atoms with Crippen LogP contribution in [-0.2, 0) is 4.74 Å². The van der Waals surface area contributed by atoms with Gasteiger partial charge in [0.1, 0.15) is 0 Å². The van der Waals surface area contributed by atoms with Crippen LogP contribution in [0, 0.1) is 0 Å². The lowest BCUT2D eigenvalue weighted by molar-refractivity contribution is 0.170. The van der Waals surface area contributed by atoms with Crippen molar-refractivity contribution in [2.24, 2.45) is 0 Å². The molecule has 0 aromatic carbocycles. The van der Waals surface area contributed by atoms with Crippen molar-refractivity contribution in [1.82, 2.24) is 10.2 Å². The van der Waals surface area contributed by atoms with Gasteiger partial charge < -0.3 is 10.1 Å². The number of nitrogens with one attached hydrogen (secondary N) is 1. The van der Waals surface area contributed by atoms with E-state index >= 15 is 0 Å². The van der Waals surface area contributed by atoms with E-state index in [1.807, 2.05) is 0 Å². The first-order chi connectivity index (χ1) is 4.83. The van der Waals surface area contributed by atoms with E-state index in [9.17, 15) is 4.79 Å². The summed E-state index contributed by atoms with van der Waals surface area (Å²) >= 11 is 0. The quantitative estimate of drug-likeness (QED) is 0.551. The zero-order valence-corrected chi connectivity index (χ0v) is 6.09. The number of amides is 1. The highest BCUT2D eigenvalue weighted by Gasteiger charge is 2.15. The third-order valence-electron chi connectivity index (χ3n) is 1.42. The summed E-state index contributed by atoms with van der Waals surface area (Å²) in [5.41, 5.74) is 0. The van der Waals surface area contributed by atoms with E-state index in [0.29, 0.717) is 6.54 Å². The van der Waals surface area contributed by atoms with Crippen molar-refractivity contribution < 1.29 is 9.53 Å². The Labute approximate surface area is 60.1 Å². The van der Waals surface area contributed by atoms with E-state index in [1.165, 1.54) is 20.2 Å². The molecule has 1 aliphatic heterocycles. The van der Waals surface area contributed by atoms with Crippen molar-refractivity contribution >= 4 is 6.09 Å². The van der Waals surface area contributed by atoms with Crippen LogP contribution in [0.1, 0.15) is 0 Å². The summed E-state index contributed by atoms with van der Waals surface area (Å²) in [6, 6.07) is 0. The molecular weight excluding hydrogens is 132 g/mol. The molecule has 58 valence electrons. The number of alkyl carbamates (subject to hydrolysis) is 1. The summed E-state index contributed by atoms with van der Waals surface area (Å²) in [5.74, 6) is 0. The van der Waals surface area contributed by atoms with Crippen LogP contribution in [0.4, 0.5) is 4.79 Å². The van der Waals surface area contributed by atoms with Gasteiger partial charge in [-0.25, -0.2) is 4.79 Å². The van der Waals surface area contributed by atoms with Gasteiger partial charge in [0.15, 0.2) is 0 Å². The van der Waals surface area contributed by atoms with Gasteiger partial charge in [-0.15, -0.1) is 0 Å². The minimum Gasteiger partial charge on any atom is -0.453 e. The maximum Gasteiger partial charge on any atom is 0.406 e. The highest BCUT2D eigenvalue weighted by Crippen LogP contribution is 1.99. The largest absolute Gasteiger partial charge is 0.453 e. The maximum absolute atomic E-state index is 10.5. The summed E-state index contributed by atoms with van der Waals surface area (Å²) in [5, 5.41) is 2.60. The van der Waals surface area contributed by atoms with Crippen molar-refractivity contribution in [2.45, 2.75) is 0 Å². The molecule has 0 saturated carbocycles. The Hall–Kier alpha value is -0.770. The number of carbonyl (C=O) groups excluding carboxylic acids is 1. The molecule has 1 saturated heterocycles. The molecule has 0 radical (unpaired) electrons. The Morgan fingerprint density at radius 3 is 2.90 bits per heavy atom. The summed E-state index contributed by atoms with van der Waals surface area (Å²) in [6.45, 7) is 3.97. The predicted octanol–water partition coefficient (Wildman–Crippen LogP) is -0.342. The fraction of sp³-hybridized carbons (Fsp3) is 0.833. The minimum atomic E-state index is -0.346. The second-order valence-corrected chi connectivity index (χ2v) is 2.26. The fourth-order valence-corrected chi connectivity index (χ4v) is 0.683. The molecule has 0 unspecified atom stereocenters. The van der Waals surface area contributed by atoms with E-state index in [2.05, 4.69) is 15.0 Å². The van der Waals surface area contributed by atoms with Crippen LogP contribution >= 0.6 is 0 Å². The number of nitrogens with zero attached hydrogens (tertiary/aromatic N) is 1. The van der Waals surface area contributed by atoms with E-state index < -0.39 is 0 Å². The van der Waals surface area contributed by atoms with Crippen LogP contribution in [0.15, 0.2) is 0 Å². The van der Waals surface area contributed by atoms with E-state index in [-0.39, 0.29) is 6.09 Å². The highest BCUT2D eigenvalue weighted by atomic mass is 16.5. The molecule has 1 fully saturated rings. The molecular formula is C6H12N2O2. The number of hydrogen-bond acceptors (Lipinski definition) is 3. The lowest BCUT2D eigenvalue weighted by Gasteiger charge is -2.02. The monoisotopic (exact) mass is 144 g/mol. The normalized spacial score (nSPS) is 16.5. The first kappa shape index (κ1) is 7.34. The van der Waals surface area contributed by atoms with Gasteiger partial charge >= 0.3 is 6.09 Å². The standard InChI is InChI=1S/C6H12N2O2/c1-10-6(9)7-2-3-8-4-5-8/h2-5H2,1H3,(H,7,9). The van der Waals surface area contributed by atoms with Crippen molar-refractivity contribution in [3.8, 4) is 0 Å². The number of rotatable bonds is 3. The molecule has 1 N–H and O–H groups in total. The first-order valence-electron chi connectivity index (χ1n) is 3.37. The summed E-state index contributed by atoms with van der Waals surface area (Å²) < 4.78 is 4.38. The van der Waals surface area contributed by atoms with Gasteiger partial charge in [0, 0.05) is 26.2 Å². The minimum absolute atomic E-state index is 0.346. The number of carbonyl (C=O) groups is 1. The van der Waals surface area contributed by atoms with Gasteiger partial charge in [-0.05, 0) is 0 Å². The fourth-order valence-electron chi connectivity index (χ4n) is 0.683. The van der Waals surface area contributed by atoms with Crippen LogP contribution in [-0.4, -0.2) is 44.3 Å². The summed E-state index contributed by atoms with van der Waals surface area (Å²) in [4.78, 5) is 12.7. The Morgan fingerprint density at radius 1 is 1.70 bits per heavy atom. The number of methoxy groups -OCH3 is 1.